The summed E-state index contributed by atoms with van der Waals surface area (Å²) in [5, 5.41) is 3.08. The van der Waals surface area contributed by atoms with Gasteiger partial charge in [0.25, 0.3) is 0 Å². The molecule has 106 valence electrons. The number of hydrogen-bond donors (Lipinski definition) is 2. The molecule has 1 saturated heterocycles. The first-order valence-electron chi connectivity index (χ1n) is 6.79. The fourth-order valence-corrected chi connectivity index (χ4v) is 2.02. The topological polar surface area (TPSA) is 85.7 Å². The largest absolute Gasteiger partial charge is 0.443 e. The molecule has 3 N–H and O–H groups in total. The van der Waals surface area contributed by atoms with E-state index in [1.165, 1.54) is 0 Å². The van der Waals surface area contributed by atoms with Crippen molar-refractivity contribution in [2.24, 2.45) is 10.7 Å². The highest BCUT2D eigenvalue weighted by molar-refractivity contribution is 5.77. The second-order valence-corrected chi connectivity index (χ2v) is 4.69. The summed E-state index contributed by atoms with van der Waals surface area (Å²) in [5.41, 5.74) is 6.69. The van der Waals surface area contributed by atoms with Crippen LogP contribution < -0.4 is 11.1 Å². The van der Waals surface area contributed by atoms with E-state index in [-0.39, 0.29) is 6.10 Å². The van der Waals surface area contributed by atoms with E-state index in [0.29, 0.717) is 19.0 Å². The van der Waals surface area contributed by atoms with Crippen LogP contribution in [0.1, 0.15) is 37.1 Å². The molecule has 6 nitrogen and oxygen atoms in total. The number of aliphatic imine (C=N–C) groups is 1. The lowest BCUT2D eigenvalue weighted by molar-refractivity contribution is 0.114. The molecule has 1 atom stereocenters. The maximum absolute atomic E-state index is 5.81. The zero-order chi connectivity index (χ0) is 13.7. The number of guanidine groups is 1. The first-order valence-corrected chi connectivity index (χ1v) is 6.79. The minimum atomic E-state index is 0.257. The highest BCUT2D eigenvalue weighted by atomic mass is 16.5. The summed E-state index contributed by atoms with van der Waals surface area (Å²) in [4.78, 5) is 8.56. The molecule has 0 saturated carbocycles. The van der Waals surface area contributed by atoms with Crippen LogP contribution in [0, 0.1) is 6.92 Å². The van der Waals surface area contributed by atoms with Crippen LogP contribution in [-0.2, 0) is 17.7 Å². The quantitative estimate of drug-likeness (QED) is 0.616. The number of ether oxygens (including phenoxy) is 1. The minimum Gasteiger partial charge on any atom is -0.443 e. The molecule has 1 aromatic rings. The molecule has 1 aliphatic rings. The Hall–Kier alpha value is -1.56. The Morgan fingerprint density at radius 1 is 1.58 bits per heavy atom. The van der Waals surface area contributed by atoms with Crippen LogP contribution in [0.3, 0.4) is 0 Å². The molecule has 1 aliphatic heterocycles. The lowest BCUT2D eigenvalue weighted by atomic mass is 10.2. The number of aromatic nitrogens is 1. The predicted octanol–water partition coefficient (Wildman–Crippen LogP) is 1.13. The average Bonchev–Trinajstić information content (AvgIpc) is 3.03. The van der Waals surface area contributed by atoms with Gasteiger partial charge in [-0.2, -0.15) is 0 Å². The number of nitrogens with one attached hydrogen (secondary N) is 1. The molecule has 1 unspecified atom stereocenters. The zero-order valence-corrected chi connectivity index (χ0v) is 11.6. The van der Waals surface area contributed by atoms with Crippen molar-refractivity contribution >= 4 is 5.96 Å². The van der Waals surface area contributed by atoms with Crippen LogP contribution in [0.15, 0.2) is 9.41 Å². The third-order valence-corrected chi connectivity index (χ3v) is 3.17. The number of aryl methyl sites for hydroxylation is 2. The van der Waals surface area contributed by atoms with Crippen LogP contribution in [0.5, 0.6) is 0 Å². The van der Waals surface area contributed by atoms with E-state index in [9.17, 15) is 0 Å². The van der Waals surface area contributed by atoms with E-state index in [1.807, 2.05) is 13.8 Å². The van der Waals surface area contributed by atoms with Gasteiger partial charge in [0.1, 0.15) is 12.3 Å². The normalized spacial score (nSPS) is 19.9. The lowest BCUT2D eigenvalue weighted by Crippen LogP contribution is -2.37. The van der Waals surface area contributed by atoms with E-state index >= 15 is 0 Å². The molecule has 0 amide bonds. The number of rotatable bonds is 5. The highest BCUT2D eigenvalue weighted by Gasteiger charge is 2.15. The van der Waals surface area contributed by atoms with Gasteiger partial charge in [0.15, 0.2) is 11.9 Å². The van der Waals surface area contributed by atoms with E-state index in [2.05, 4.69) is 15.3 Å². The molecule has 1 fully saturated rings. The summed E-state index contributed by atoms with van der Waals surface area (Å²) in [6.45, 7) is 5.91. The SMILES string of the molecule is CCc1nc(C)c(CN=C(N)NCC2CCCO2)o1. The molecule has 2 rings (SSSR count). The molecule has 0 aliphatic carbocycles. The third-order valence-electron chi connectivity index (χ3n) is 3.17. The molecule has 0 radical (unpaired) electrons. The second kappa shape index (κ2) is 6.56. The third kappa shape index (κ3) is 3.96. The summed E-state index contributed by atoms with van der Waals surface area (Å²) in [5.74, 6) is 1.94. The maximum Gasteiger partial charge on any atom is 0.194 e. The molecule has 1 aromatic heterocycles. The van der Waals surface area contributed by atoms with Crippen molar-refractivity contribution < 1.29 is 9.15 Å². The van der Waals surface area contributed by atoms with Gasteiger partial charge >= 0.3 is 0 Å². The molecule has 6 heteroatoms. The van der Waals surface area contributed by atoms with Crippen LogP contribution in [0.2, 0.25) is 0 Å². The summed E-state index contributed by atoms with van der Waals surface area (Å²) >= 11 is 0. The van der Waals surface area contributed by atoms with Gasteiger partial charge in [-0.25, -0.2) is 9.98 Å². The monoisotopic (exact) mass is 266 g/mol. The van der Waals surface area contributed by atoms with Gasteiger partial charge < -0.3 is 20.2 Å². The van der Waals surface area contributed by atoms with Crippen molar-refractivity contribution in [3.63, 3.8) is 0 Å². The van der Waals surface area contributed by atoms with Crippen LogP contribution in [0.25, 0.3) is 0 Å². The zero-order valence-electron chi connectivity index (χ0n) is 11.6. The van der Waals surface area contributed by atoms with Crippen molar-refractivity contribution in [1.29, 1.82) is 0 Å². The van der Waals surface area contributed by atoms with Gasteiger partial charge in [0.05, 0.1) is 11.8 Å². The summed E-state index contributed by atoms with van der Waals surface area (Å²) in [6.07, 6.45) is 3.26. The minimum absolute atomic E-state index is 0.257. The van der Waals surface area contributed by atoms with E-state index in [4.69, 9.17) is 14.9 Å². The Labute approximate surface area is 113 Å². The standard InChI is InChI=1S/C13H22N4O2/c1-3-12-17-9(2)11(19-12)8-16-13(14)15-7-10-5-4-6-18-10/h10H,3-8H2,1-2H3,(H3,14,15,16). The first kappa shape index (κ1) is 13.9. The van der Waals surface area contributed by atoms with Gasteiger partial charge in [-0.3, -0.25) is 0 Å². The van der Waals surface area contributed by atoms with Crippen LogP contribution in [-0.4, -0.2) is 30.2 Å². The molecular weight excluding hydrogens is 244 g/mol. The predicted molar refractivity (Wildman–Crippen MR) is 72.9 cm³/mol. The van der Waals surface area contributed by atoms with Gasteiger partial charge in [0, 0.05) is 19.6 Å². The fraction of sp³-hybridized carbons (Fsp3) is 0.692. The second-order valence-electron chi connectivity index (χ2n) is 4.69. The van der Waals surface area contributed by atoms with Crippen molar-refractivity contribution in [3.8, 4) is 0 Å². The van der Waals surface area contributed by atoms with Gasteiger partial charge in [-0.15, -0.1) is 0 Å². The average molecular weight is 266 g/mol. The Bertz CT molecular complexity index is 436. The Morgan fingerprint density at radius 2 is 2.42 bits per heavy atom. The first-order chi connectivity index (χ1) is 9.19. The summed E-state index contributed by atoms with van der Waals surface area (Å²) in [7, 11) is 0. The Balaban J connectivity index is 1.81. The van der Waals surface area contributed by atoms with E-state index in [1.54, 1.807) is 0 Å². The van der Waals surface area contributed by atoms with Crippen LogP contribution >= 0.6 is 0 Å². The summed E-state index contributed by atoms with van der Waals surface area (Å²) < 4.78 is 11.1. The Kier molecular flexibility index (Phi) is 4.79. The maximum atomic E-state index is 5.81. The van der Waals surface area contributed by atoms with Crippen molar-refractivity contribution in [1.82, 2.24) is 10.3 Å². The van der Waals surface area contributed by atoms with Crippen molar-refractivity contribution in [2.45, 2.75) is 45.8 Å². The lowest BCUT2D eigenvalue weighted by Gasteiger charge is -2.10. The van der Waals surface area contributed by atoms with E-state index < -0.39 is 0 Å². The van der Waals surface area contributed by atoms with Gasteiger partial charge in [-0.05, 0) is 19.8 Å². The number of nitrogens with two attached hydrogens (primary N) is 1. The van der Waals surface area contributed by atoms with Crippen LogP contribution in [0.4, 0.5) is 0 Å². The van der Waals surface area contributed by atoms with Gasteiger partial charge in [-0.1, -0.05) is 6.92 Å². The molecule has 19 heavy (non-hydrogen) atoms. The molecule has 0 bridgehead atoms. The molecule has 0 aromatic carbocycles. The number of oxazole rings is 1. The Morgan fingerprint density at radius 3 is 3.05 bits per heavy atom. The summed E-state index contributed by atoms with van der Waals surface area (Å²) in [6, 6.07) is 0. The van der Waals surface area contributed by atoms with Gasteiger partial charge in [0.2, 0.25) is 0 Å². The van der Waals surface area contributed by atoms with E-state index in [0.717, 1.165) is 43.2 Å². The molecule has 0 spiro atoms. The highest BCUT2D eigenvalue weighted by Crippen LogP contribution is 2.12. The molecule has 2 heterocycles. The fourth-order valence-electron chi connectivity index (χ4n) is 2.02. The smallest absolute Gasteiger partial charge is 0.194 e. The van der Waals surface area contributed by atoms with Crippen molar-refractivity contribution in [2.75, 3.05) is 13.2 Å². The number of nitrogens with zero attached hydrogens (tertiary/aromatic N) is 2. The number of hydrogen-bond acceptors (Lipinski definition) is 4. The molecular formula is C13H22N4O2. The van der Waals surface area contributed by atoms with Crippen molar-refractivity contribution in [3.05, 3.63) is 17.3 Å².